The number of benzene rings is 2. The summed E-state index contributed by atoms with van der Waals surface area (Å²) in [6, 6.07) is 15.3. The quantitative estimate of drug-likeness (QED) is 0.401. The third kappa shape index (κ3) is 3.58. The van der Waals surface area contributed by atoms with Gasteiger partial charge in [-0.05, 0) is 17.5 Å². The molecule has 31 heavy (non-hydrogen) atoms. The van der Waals surface area contributed by atoms with Gasteiger partial charge in [-0.15, -0.1) is 21.5 Å². The first kappa shape index (κ1) is 19.4. The fourth-order valence-electron chi connectivity index (χ4n) is 3.33. The molecule has 4 aromatic rings. The van der Waals surface area contributed by atoms with Crippen LogP contribution in [-0.2, 0) is 4.79 Å². The van der Waals surface area contributed by atoms with Gasteiger partial charge in [-0.2, -0.15) is 0 Å². The second-order valence-electron chi connectivity index (χ2n) is 6.62. The summed E-state index contributed by atoms with van der Waals surface area (Å²) in [6.07, 6.45) is 0. The van der Waals surface area contributed by atoms with Gasteiger partial charge in [0.2, 0.25) is 5.91 Å². The maximum absolute atomic E-state index is 13.0. The molecule has 2 aromatic carbocycles. The molecule has 0 saturated carbocycles. The van der Waals surface area contributed by atoms with Crippen molar-refractivity contribution in [1.82, 2.24) is 10.2 Å². The molecule has 1 aliphatic carbocycles. The number of thiophene rings is 1. The summed E-state index contributed by atoms with van der Waals surface area (Å²) in [5, 5.41) is 12.8. The lowest BCUT2D eigenvalue weighted by molar-refractivity contribution is -0.113. The number of thioether (sulfide) groups is 1. The standard InChI is InChI=1S/C22H13N3O4S2/c26-17(11-31-22-25-24-21(29-22)16-9-4-10-30-16)23-15-8-3-7-14-18(15)20(28)13-6-2-1-5-12(13)19(14)27/h1-10H,11H2,(H,23,26). The second kappa shape index (κ2) is 7.93. The van der Waals surface area contributed by atoms with E-state index in [9.17, 15) is 14.4 Å². The molecular weight excluding hydrogens is 434 g/mol. The van der Waals surface area contributed by atoms with Gasteiger partial charge in [0.15, 0.2) is 11.6 Å². The Morgan fingerprint density at radius 1 is 0.935 bits per heavy atom. The first-order valence-electron chi connectivity index (χ1n) is 9.23. The Morgan fingerprint density at radius 3 is 2.48 bits per heavy atom. The highest BCUT2D eigenvalue weighted by molar-refractivity contribution is 7.99. The van der Waals surface area contributed by atoms with Gasteiger partial charge < -0.3 is 9.73 Å². The first-order valence-corrected chi connectivity index (χ1v) is 11.1. The van der Waals surface area contributed by atoms with Gasteiger partial charge in [0.25, 0.3) is 11.1 Å². The van der Waals surface area contributed by atoms with Crippen LogP contribution in [0.25, 0.3) is 10.8 Å². The molecule has 0 radical (unpaired) electrons. The predicted molar refractivity (Wildman–Crippen MR) is 117 cm³/mol. The van der Waals surface area contributed by atoms with Gasteiger partial charge in [0.05, 0.1) is 21.9 Å². The molecule has 1 aliphatic rings. The first-order chi connectivity index (χ1) is 15.1. The zero-order valence-electron chi connectivity index (χ0n) is 15.8. The van der Waals surface area contributed by atoms with Crippen LogP contribution in [0.1, 0.15) is 31.8 Å². The number of fused-ring (bicyclic) bond motifs is 2. The molecule has 0 atom stereocenters. The number of carbonyl (C=O) groups is 3. The van der Waals surface area contributed by atoms with Gasteiger partial charge in [-0.3, -0.25) is 14.4 Å². The minimum atomic E-state index is -0.353. The minimum Gasteiger partial charge on any atom is -0.410 e. The molecule has 152 valence electrons. The second-order valence-corrected chi connectivity index (χ2v) is 8.49. The van der Waals surface area contributed by atoms with Crippen molar-refractivity contribution in [3.63, 3.8) is 0 Å². The van der Waals surface area contributed by atoms with Crippen LogP contribution in [0, 0.1) is 0 Å². The molecule has 2 heterocycles. The number of rotatable bonds is 5. The maximum atomic E-state index is 13.0. The topological polar surface area (TPSA) is 102 Å². The zero-order chi connectivity index (χ0) is 21.4. The third-order valence-corrected chi connectivity index (χ3v) is 6.37. The van der Waals surface area contributed by atoms with Crippen molar-refractivity contribution in [1.29, 1.82) is 0 Å². The minimum absolute atomic E-state index is 0.00840. The Balaban J connectivity index is 1.33. The lowest BCUT2D eigenvalue weighted by Crippen LogP contribution is -2.24. The summed E-state index contributed by atoms with van der Waals surface area (Å²) < 4.78 is 5.56. The van der Waals surface area contributed by atoms with Gasteiger partial charge in [-0.1, -0.05) is 54.2 Å². The molecule has 0 unspecified atom stereocenters. The third-order valence-electron chi connectivity index (χ3n) is 4.69. The summed E-state index contributed by atoms with van der Waals surface area (Å²) in [4.78, 5) is 39.2. The van der Waals surface area contributed by atoms with Crippen LogP contribution in [0.15, 0.2) is 69.6 Å². The van der Waals surface area contributed by atoms with E-state index in [0.717, 1.165) is 16.6 Å². The summed E-state index contributed by atoms with van der Waals surface area (Å²) in [6.45, 7) is 0. The Hall–Kier alpha value is -3.56. The molecule has 0 spiro atoms. The van der Waals surface area contributed by atoms with E-state index < -0.39 is 0 Å². The van der Waals surface area contributed by atoms with Gasteiger partial charge in [0, 0.05) is 16.7 Å². The van der Waals surface area contributed by atoms with E-state index in [2.05, 4.69) is 15.5 Å². The average Bonchev–Trinajstić information content (AvgIpc) is 3.48. The Bertz CT molecular complexity index is 1330. The smallest absolute Gasteiger partial charge is 0.277 e. The maximum Gasteiger partial charge on any atom is 0.277 e. The van der Waals surface area contributed by atoms with Gasteiger partial charge >= 0.3 is 0 Å². The fourth-order valence-corrected chi connectivity index (χ4v) is 4.54. The van der Waals surface area contributed by atoms with Crippen LogP contribution < -0.4 is 5.32 Å². The summed E-state index contributed by atoms with van der Waals surface area (Å²) in [5.74, 6) is -0.464. The molecule has 0 bridgehead atoms. The summed E-state index contributed by atoms with van der Waals surface area (Å²) in [7, 11) is 0. The van der Waals surface area contributed by atoms with Crippen molar-refractivity contribution in [3.8, 4) is 10.8 Å². The SMILES string of the molecule is O=C(CSc1nnc(-c2cccs2)o1)Nc1cccc2c1C(=O)c1ccccc1C2=O. The molecule has 7 nitrogen and oxygen atoms in total. The van der Waals surface area contributed by atoms with E-state index in [1.54, 1.807) is 42.5 Å². The number of hydrogen-bond acceptors (Lipinski definition) is 8. The number of anilines is 1. The highest BCUT2D eigenvalue weighted by Gasteiger charge is 2.31. The summed E-state index contributed by atoms with van der Waals surface area (Å²) >= 11 is 2.57. The number of nitrogens with zero attached hydrogens (tertiary/aromatic N) is 2. The number of ketones is 2. The van der Waals surface area contributed by atoms with E-state index in [-0.39, 0.29) is 39.6 Å². The molecule has 2 aromatic heterocycles. The largest absolute Gasteiger partial charge is 0.410 e. The molecule has 0 saturated heterocycles. The molecule has 1 amide bonds. The number of carbonyl (C=O) groups excluding carboxylic acids is 3. The number of hydrogen-bond donors (Lipinski definition) is 1. The van der Waals surface area contributed by atoms with Crippen LogP contribution in [0.5, 0.6) is 0 Å². The van der Waals surface area contributed by atoms with Crippen LogP contribution in [0.4, 0.5) is 5.69 Å². The molecule has 0 aliphatic heterocycles. The lowest BCUT2D eigenvalue weighted by Gasteiger charge is -2.20. The molecule has 0 fully saturated rings. The predicted octanol–water partition coefficient (Wildman–Crippen LogP) is 4.30. The number of aromatic nitrogens is 2. The Morgan fingerprint density at radius 2 is 1.71 bits per heavy atom. The summed E-state index contributed by atoms with van der Waals surface area (Å²) in [5.41, 5.74) is 1.51. The van der Waals surface area contributed by atoms with E-state index in [0.29, 0.717) is 22.7 Å². The molecule has 5 rings (SSSR count). The van der Waals surface area contributed by atoms with Crippen molar-refractivity contribution < 1.29 is 18.8 Å². The van der Waals surface area contributed by atoms with Crippen LogP contribution >= 0.6 is 23.1 Å². The van der Waals surface area contributed by atoms with Crippen molar-refractivity contribution in [2.45, 2.75) is 5.22 Å². The highest BCUT2D eigenvalue weighted by Crippen LogP contribution is 2.32. The monoisotopic (exact) mass is 447 g/mol. The average molecular weight is 447 g/mol. The van der Waals surface area contributed by atoms with Crippen LogP contribution in [0.2, 0.25) is 0 Å². The number of nitrogens with one attached hydrogen (secondary N) is 1. The van der Waals surface area contributed by atoms with E-state index in [1.807, 2.05) is 17.5 Å². The lowest BCUT2D eigenvalue weighted by atomic mass is 9.83. The highest BCUT2D eigenvalue weighted by atomic mass is 32.2. The molecular formula is C22H13N3O4S2. The van der Waals surface area contributed by atoms with Crippen molar-refractivity contribution >= 4 is 46.3 Å². The van der Waals surface area contributed by atoms with Crippen LogP contribution in [0.3, 0.4) is 0 Å². The van der Waals surface area contributed by atoms with E-state index >= 15 is 0 Å². The van der Waals surface area contributed by atoms with E-state index in [1.165, 1.54) is 11.3 Å². The Labute approximate surface area is 184 Å². The van der Waals surface area contributed by atoms with Crippen LogP contribution in [-0.4, -0.2) is 33.4 Å². The molecule has 1 N–H and O–H groups in total. The number of amides is 1. The Kier molecular flexibility index (Phi) is 4.97. The van der Waals surface area contributed by atoms with Gasteiger partial charge in [0.1, 0.15) is 0 Å². The van der Waals surface area contributed by atoms with Gasteiger partial charge in [-0.25, -0.2) is 0 Å². The van der Waals surface area contributed by atoms with Crippen molar-refractivity contribution in [2.75, 3.05) is 11.1 Å². The zero-order valence-corrected chi connectivity index (χ0v) is 17.5. The fraction of sp³-hybridized carbons (Fsp3) is 0.0455. The van der Waals surface area contributed by atoms with Crippen molar-refractivity contribution in [2.24, 2.45) is 0 Å². The molecule has 9 heteroatoms. The van der Waals surface area contributed by atoms with E-state index in [4.69, 9.17) is 4.42 Å². The normalized spacial score (nSPS) is 12.4. The van der Waals surface area contributed by atoms with Crippen molar-refractivity contribution in [3.05, 3.63) is 82.2 Å².